The monoisotopic (exact) mass is 448 g/mol. The van der Waals surface area contributed by atoms with Crippen LogP contribution in [0.2, 0.25) is 5.02 Å². The van der Waals surface area contributed by atoms with E-state index in [1.54, 1.807) is 6.07 Å². The molecule has 1 fully saturated rings. The van der Waals surface area contributed by atoms with Crippen LogP contribution in [0.5, 0.6) is 5.75 Å². The Morgan fingerprint density at radius 3 is 2.45 bits per heavy atom. The third-order valence-corrected chi connectivity index (χ3v) is 6.35. The van der Waals surface area contributed by atoms with Crippen molar-refractivity contribution in [3.05, 3.63) is 63.7 Å². The van der Waals surface area contributed by atoms with Gasteiger partial charge in [0.2, 0.25) is 0 Å². The van der Waals surface area contributed by atoms with E-state index < -0.39 is 30.5 Å². The summed E-state index contributed by atoms with van der Waals surface area (Å²) in [6, 6.07) is 12.0. The molecule has 0 unspecified atom stereocenters. The number of aliphatic hydroxyl groups excluding tert-OH is 3. The molecule has 4 rings (SSSR count). The zero-order chi connectivity index (χ0) is 22.0. The molecule has 2 heterocycles. The van der Waals surface area contributed by atoms with Crippen LogP contribution in [0, 0.1) is 0 Å². The van der Waals surface area contributed by atoms with Gasteiger partial charge in [0.1, 0.15) is 36.3 Å². The Bertz CT molecular complexity index is 886. The van der Waals surface area contributed by atoms with Crippen LogP contribution in [0.1, 0.15) is 41.7 Å². The topological polar surface area (TPSA) is 88.4 Å². The highest BCUT2D eigenvalue weighted by Gasteiger charge is 2.45. The Labute approximate surface area is 187 Å². The molecule has 0 saturated carbocycles. The molecule has 0 spiro atoms. The van der Waals surface area contributed by atoms with Crippen molar-refractivity contribution in [3.63, 3.8) is 0 Å². The second-order valence-corrected chi connectivity index (χ2v) is 8.58. The van der Waals surface area contributed by atoms with Crippen molar-refractivity contribution in [2.75, 3.05) is 19.8 Å². The first-order valence-electron chi connectivity index (χ1n) is 10.8. The van der Waals surface area contributed by atoms with Gasteiger partial charge in [-0.1, -0.05) is 42.8 Å². The fourth-order valence-corrected chi connectivity index (χ4v) is 4.32. The number of ether oxygens (including phenoxy) is 3. The number of hydrogen-bond acceptors (Lipinski definition) is 6. The lowest BCUT2D eigenvalue weighted by atomic mass is 9.89. The molecule has 2 aliphatic rings. The molecule has 2 bridgehead atoms. The summed E-state index contributed by atoms with van der Waals surface area (Å²) in [6.45, 7) is 3.10. The molecule has 0 radical (unpaired) electrons. The Morgan fingerprint density at radius 1 is 0.968 bits per heavy atom. The number of fused-ring (bicyclic) bond motifs is 4. The first-order chi connectivity index (χ1) is 15.0. The van der Waals surface area contributed by atoms with Gasteiger partial charge < -0.3 is 29.5 Å². The van der Waals surface area contributed by atoms with Crippen LogP contribution in [0.25, 0.3) is 0 Å². The van der Waals surface area contributed by atoms with Crippen LogP contribution in [-0.2, 0) is 22.3 Å². The van der Waals surface area contributed by atoms with Gasteiger partial charge >= 0.3 is 0 Å². The molecule has 2 aromatic rings. The van der Waals surface area contributed by atoms with E-state index in [2.05, 4.69) is 31.2 Å². The summed E-state index contributed by atoms with van der Waals surface area (Å²) >= 11 is 6.59. The van der Waals surface area contributed by atoms with E-state index in [0.717, 1.165) is 17.5 Å². The summed E-state index contributed by atoms with van der Waals surface area (Å²) in [7, 11) is 0. The summed E-state index contributed by atoms with van der Waals surface area (Å²) < 4.78 is 17.5. The first kappa shape index (κ1) is 22.5. The molecule has 0 aromatic heterocycles. The average Bonchev–Trinajstić information content (AvgIpc) is 2.81. The summed E-state index contributed by atoms with van der Waals surface area (Å²) in [6.07, 6.45) is -3.30. The van der Waals surface area contributed by atoms with Crippen molar-refractivity contribution in [1.82, 2.24) is 0 Å². The maximum atomic E-state index is 10.7. The largest absolute Gasteiger partial charge is 0.493 e. The zero-order valence-corrected chi connectivity index (χ0v) is 18.3. The quantitative estimate of drug-likeness (QED) is 0.669. The second-order valence-electron chi connectivity index (χ2n) is 8.17. The second kappa shape index (κ2) is 9.86. The lowest BCUT2D eigenvalue weighted by Crippen LogP contribution is -2.55. The van der Waals surface area contributed by atoms with Gasteiger partial charge in [-0.05, 0) is 41.7 Å². The van der Waals surface area contributed by atoms with Crippen molar-refractivity contribution in [1.29, 1.82) is 0 Å². The van der Waals surface area contributed by atoms with Crippen LogP contribution in [0.3, 0.4) is 0 Å². The molecule has 5 atom stereocenters. The third kappa shape index (κ3) is 4.90. The smallest absolute Gasteiger partial charge is 0.126 e. The van der Waals surface area contributed by atoms with Gasteiger partial charge in [0.25, 0.3) is 0 Å². The number of hydrogen-bond donors (Lipinski definition) is 3. The molecular formula is C24H29ClO6. The predicted molar refractivity (Wildman–Crippen MR) is 117 cm³/mol. The maximum absolute atomic E-state index is 10.7. The molecule has 3 N–H and O–H groups in total. The Balaban J connectivity index is 1.70. The van der Waals surface area contributed by atoms with Gasteiger partial charge in [-0.3, -0.25) is 0 Å². The third-order valence-electron chi connectivity index (χ3n) is 6.00. The number of rotatable bonds is 3. The summed E-state index contributed by atoms with van der Waals surface area (Å²) in [5.41, 5.74) is 3.86. The van der Waals surface area contributed by atoms with Crippen molar-refractivity contribution in [2.24, 2.45) is 0 Å². The van der Waals surface area contributed by atoms with Crippen LogP contribution in [0.4, 0.5) is 0 Å². The maximum Gasteiger partial charge on any atom is 0.126 e. The number of aliphatic hydroxyl groups is 3. The van der Waals surface area contributed by atoms with Gasteiger partial charge in [0, 0.05) is 23.6 Å². The lowest BCUT2D eigenvalue weighted by molar-refractivity contribution is -0.235. The van der Waals surface area contributed by atoms with E-state index in [1.807, 2.05) is 6.07 Å². The summed E-state index contributed by atoms with van der Waals surface area (Å²) in [5, 5.41) is 32.0. The molecule has 0 aliphatic carbocycles. The SMILES string of the molecule is CCc1ccc(Cc2cc3c(cc2Cl)OCCCOC[C@H]2O[C@@H]3[C@H](O)[C@@H](O)[C@@H]2O)cc1. The molecule has 2 aliphatic heterocycles. The molecule has 168 valence electrons. The highest BCUT2D eigenvalue weighted by atomic mass is 35.5. The minimum Gasteiger partial charge on any atom is -0.493 e. The van der Waals surface area contributed by atoms with Crippen molar-refractivity contribution >= 4 is 11.6 Å². The normalized spacial score (nSPS) is 28.9. The summed E-state index contributed by atoms with van der Waals surface area (Å²) in [5.74, 6) is 0.503. The van der Waals surface area contributed by atoms with Crippen LogP contribution in [0.15, 0.2) is 36.4 Å². The van der Waals surface area contributed by atoms with Crippen molar-refractivity contribution in [3.8, 4) is 5.75 Å². The van der Waals surface area contributed by atoms with Gasteiger partial charge in [0.15, 0.2) is 0 Å². The first-order valence-corrected chi connectivity index (χ1v) is 11.2. The fraction of sp³-hybridized carbons (Fsp3) is 0.500. The fourth-order valence-electron chi connectivity index (χ4n) is 4.10. The van der Waals surface area contributed by atoms with Gasteiger partial charge in [0.05, 0.1) is 13.2 Å². The van der Waals surface area contributed by atoms with E-state index in [-0.39, 0.29) is 6.61 Å². The van der Waals surface area contributed by atoms with E-state index in [0.29, 0.717) is 42.4 Å². The van der Waals surface area contributed by atoms with Crippen molar-refractivity contribution < 1.29 is 29.5 Å². The molecular weight excluding hydrogens is 420 g/mol. The zero-order valence-electron chi connectivity index (χ0n) is 17.5. The Morgan fingerprint density at radius 2 is 1.71 bits per heavy atom. The highest BCUT2D eigenvalue weighted by Crippen LogP contribution is 2.40. The van der Waals surface area contributed by atoms with Gasteiger partial charge in [-0.15, -0.1) is 0 Å². The molecule has 6 nitrogen and oxygen atoms in total. The Hall–Kier alpha value is -1.67. The van der Waals surface area contributed by atoms with Crippen LogP contribution in [-0.4, -0.2) is 59.6 Å². The standard InChI is InChI=1S/C24H29ClO6/c1-2-14-4-6-15(7-5-14)10-16-11-17-19(12-18(16)25)30-9-3-8-29-13-20-21(26)22(27)23(28)24(17)31-20/h4-7,11-12,20-24,26-28H,2-3,8-10,13H2,1H3/t20-,21-,22+,23-,24+/m1/s1. The van der Waals surface area contributed by atoms with E-state index in [4.69, 9.17) is 25.8 Å². The van der Waals surface area contributed by atoms with Crippen molar-refractivity contribution in [2.45, 2.75) is 56.7 Å². The van der Waals surface area contributed by atoms with E-state index in [9.17, 15) is 15.3 Å². The minimum atomic E-state index is -1.36. The molecule has 2 aromatic carbocycles. The molecule has 7 heteroatoms. The average molecular weight is 449 g/mol. The number of halogens is 1. The minimum absolute atomic E-state index is 0.126. The number of benzene rings is 2. The van der Waals surface area contributed by atoms with Gasteiger partial charge in [-0.25, -0.2) is 0 Å². The van der Waals surface area contributed by atoms with Gasteiger partial charge in [-0.2, -0.15) is 0 Å². The predicted octanol–water partition coefficient (Wildman–Crippen LogP) is 2.81. The number of aryl methyl sites for hydroxylation is 1. The molecule has 1 saturated heterocycles. The highest BCUT2D eigenvalue weighted by molar-refractivity contribution is 6.31. The molecule has 0 amide bonds. The van der Waals surface area contributed by atoms with E-state index in [1.165, 1.54) is 5.56 Å². The Kier molecular flexibility index (Phi) is 7.16. The molecule has 31 heavy (non-hydrogen) atoms. The summed E-state index contributed by atoms with van der Waals surface area (Å²) in [4.78, 5) is 0. The van der Waals surface area contributed by atoms with Crippen LogP contribution < -0.4 is 4.74 Å². The van der Waals surface area contributed by atoms with Crippen LogP contribution >= 0.6 is 11.6 Å². The van der Waals surface area contributed by atoms with E-state index >= 15 is 0 Å². The lowest BCUT2D eigenvalue weighted by Gasteiger charge is -2.41.